The van der Waals surface area contributed by atoms with Gasteiger partial charge in [-0.2, -0.15) is 0 Å². The summed E-state index contributed by atoms with van der Waals surface area (Å²) < 4.78 is 12.0. The van der Waals surface area contributed by atoms with Crippen molar-refractivity contribution in [3.63, 3.8) is 0 Å². The van der Waals surface area contributed by atoms with Gasteiger partial charge >= 0.3 is 12.1 Å². The Bertz CT molecular complexity index is 681. The highest BCUT2D eigenvalue weighted by atomic mass is 16.6. The summed E-state index contributed by atoms with van der Waals surface area (Å²) >= 11 is 0. The zero-order chi connectivity index (χ0) is 19.5. The number of aromatic nitrogens is 3. The van der Waals surface area contributed by atoms with Crippen molar-refractivity contribution in [1.82, 2.24) is 19.9 Å². The molecular weight excluding hydrogens is 342 g/mol. The number of primary amides is 1. The van der Waals surface area contributed by atoms with Crippen LogP contribution in [0.2, 0.25) is 0 Å². The summed E-state index contributed by atoms with van der Waals surface area (Å²) in [4.78, 5) is 37.0. The van der Waals surface area contributed by atoms with Crippen molar-refractivity contribution in [2.24, 2.45) is 5.73 Å². The predicted octanol–water partition coefficient (Wildman–Crippen LogP) is 0.708. The van der Waals surface area contributed by atoms with Crippen molar-refractivity contribution in [2.75, 3.05) is 6.54 Å². The lowest BCUT2D eigenvalue weighted by Gasteiger charge is -2.31. The van der Waals surface area contributed by atoms with Crippen molar-refractivity contribution >= 4 is 18.0 Å². The highest BCUT2D eigenvalue weighted by Gasteiger charge is 2.37. The molecule has 0 radical (unpaired) electrons. The second-order valence-electron chi connectivity index (χ2n) is 7.26. The van der Waals surface area contributed by atoms with E-state index in [1.54, 1.807) is 32.6 Å². The SMILES string of the molecule is CC(OC(=O)c1cn(CC(N)=O)nn1)C1CCCN1C(=O)OC(C)(C)C. The van der Waals surface area contributed by atoms with Gasteiger partial charge in [0.25, 0.3) is 0 Å². The largest absolute Gasteiger partial charge is 0.456 e. The molecular formula is C16H25N5O5. The number of carbonyl (C=O) groups is 3. The summed E-state index contributed by atoms with van der Waals surface area (Å²) in [5.74, 6) is -1.27. The Morgan fingerprint density at radius 3 is 2.69 bits per heavy atom. The Hall–Kier alpha value is -2.65. The molecule has 2 amide bonds. The molecule has 2 rings (SSSR count). The normalized spacial score (nSPS) is 18.5. The fourth-order valence-electron chi connectivity index (χ4n) is 2.76. The Kier molecular flexibility index (Phi) is 5.83. The highest BCUT2D eigenvalue weighted by Crippen LogP contribution is 2.24. The zero-order valence-electron chi connectivity index (χ0n) is 15.5. The van der Waals surface area contributed by atoms with Crippen molar-refractivity contribution in [3.05, 3.63) is 11.9 Å². The molecule has 0 bridgehead atoms. The second kappa shape index (κ2) is 7.71. The van der Waals surface area contributed by atoms with Crippen LogP contribution < -0.4 is 5.73 Å². The van der Waals surface area contributed by atoms with E-state index in [4.69, 9.17) is 15.2 Å². The molecule has 10 heteroatoms. The van der Waals surface area contributed by atoms with Gasteiger partial charge in [-0.3, -0.25) is 4.79 Å². The molecule has 2 N–H and O–H groups in total. The average Bonchev–Trinajstić information content (AvgIpc) is 3.13. The summed E-state index contributed by atoms with van der Waals surface area (Å²) in [6.45, 7) is 7.50. The number of nitrogens with two attached hydrogens (primary N) is 1. The molecule has 2 heterocycles. The molecule has 10 nitrogen and oxygen atoms in total. The number of rotatable bonds is 5. The van der Waals surface area contributed by atoms with Gasteiger partial charge in [-0.05, 0) is 40.5 Å². The first-order valence-electron chi connectivity index (χ1n) is 8.46. The van der Waals surface area contributed by atoms with E-state index in [-0.39, 0.29) is 18.3 Å². The predicted molar refractivity (Wildman–Crippen MR) is 90.1 cm³/mol. The van der Waals surface area contributed by atoms with Crippen LogP contribution in [0.4, 0.5) is 4.79 Å². The average molecular weight is 367 g/mol. The molecule has 2 atom stereocenters. The van der Waals surface area contributed by atoms with Crippen molar-refractivity contribution in [3.8, 4) is 0 Å². The van der Waals surface area contributed by atoms with E-state index >= 15 is 0 Å². The molecule has 1 aliphatic heterocycles. The third-order valence-corrected chi connectivity index (χ3v) is 3.83. The number of hydrogen-bond donors (Lipinski definition) is 1. The molecule has 0 aromatic carbocycles. The first-order chi connectivity index (χ1) is 12.1. The Labute approximate surface area is 151 Å². The van der Waals surface area contributed by atoms with Crippen LogP contribution in [0.1, 0.15) is 51.0 Å². The molecule has 1 aromatic rings. The van der Waals surface area contributed by atoms with E-state index in [0.717, 1.165) is 11.1 Å². The number of likely N-dealkylation sites (tertiary alicyclic amines) is 1. The number of nitrogens with zero attached hydrogens (tertiary/aromatic N) is 4. The van der Waals surface area contributed by atoms with Crippen LogP contribution in [0.5, 0.6) is 0 Å². The zero-order valence-corrected chi connectivity index (χ0v) is 15.5. The van der Waals surface area contributed by atoms with Crippen LogP contribution in [0.25, 0.3) is 0 Å². The standard InChI is InChI=1S/C16H25N5O5/c1-10(12-6-5-7-21(12)15(24)26-16(2,3)4)25-14(23)11-8-20(19-18-11)9-13(17)22/h8,10,12H,5-7,9H2,1-4H3,(H2,17,22). The fourth-order valence-corrected chi connectivity index (χ4v) is 2.76. The lowest BCUT2D eigenvalue weighted by molar-refractivity contribution is -0.118. The Morgan fingerprint density at radius 2 is 2.08 bits per heavy atom. The molecule has 1 aliphatic rings. The molecule has 0 saturated carbocycles. The Morgan fingerprint density at radius 1 is 1.38 bits per heavy atom. The van der Waals surface area contributed by atoms with Crippen LogP contribution in [-0.2, 0) is 20.8 Å². The topological polar surface area (TPSA) is 130 Å². The molecule has 0 spiro atoms. The smallest absolute Gasteiger partial charge is 0.410 e. The minimum atomic E-state index is -0.677. The lowest BCUT2D eigenvalue weighted by Crippen LogP contribution is -2.45. The minimum absolute atomic E-state index is 0.0279. The summed E-state index contributed by atoms with van der Waals surface area (Å²) in [7, 11) is 0. The molecule has 1 saturated heterocycles. The monoisotopic (exact) mass is 367 g/mol. The van der Waals surface area contributed by atoms with Crippen molar-refractivity contribution in [1.29, 1.82) is 0 Å². The van der Waals surface area contributed by atoms with Gasteiger partial charge < -0.3 is 20.1 Å². The summed E-state index contributed by atoms with van der Waals surface area (Å²) in [5, 5.41) is 7.32. The van der Waals surface area contributed by atoms with Crippen LogP contribution in [0.15, 0.2) is 6.20 Å². The quantitative estimate of drug-likeness (QED) is 0.758. The maximum atomic E-state index is 12.3. The van der Waals surface area contributed by atoms with Crippen LogP contribution in [0.3, 0.4) is 0 Å². The van der Waals surface area contributed by atoms with Gasteiger partial charge in [0, 0.05) is 6.54 Å². The number of ether oxygens (including phenoxy) is 2. The van der Waals surface area contributed by atoms with Crippen LogP contribution >= 0.6 is 0 Å². The van der Waals surface area contributed by atoms with E-state index in [0.29, 0.717) is 13.0 Å². The molecule has 144 valence electrons. The third-order valence-electron chi connectivity index (χ3n) is 3.83. The van der Waals surface area contributed by atoms with Crippen molar-refractivity contribution in [2.45, 2.75) is 64.8 Å². The van der Waals surface area contributed by atoms with Gasteiger partial charge in [-0.25, -0.2) is 14.3 Å². The number of esters is 1. The maximum absolute atomic E-state index is 12.3. The molecule has 2 unspecified atom stereocenters. The van der Waals surface area contributed by atoms with E-state index in [2.05, 4.69) is 10.3 Å². The second-order valence-corrected chi connectivity index (χ2v) is 7.26. The molecule has 0 aliphatic carbocycles. The van der Waals surface area contributed by atoms with Crippen LogP contribution in [-0.4, -0.2) is 62.2 Å². The lowest BCUT2D eigenvalue weighted by atomic mass is 10.1. The molecule has 1 aromatic heterocycles. The first-order valence-corrected chi connectivity index (χ1v) is 8.46. The minimum Gasteiger partial charge on any atom is -0.456 e. The van der Waals surface area contributed by atoms with Gasteiger partial charge in [-0.15, -0.1) is 5.10 Å². The van der Waals surface area contributed by atoms with Crippen LogP contribution in [0, 0.1) is 0 Å². The van der Waals surface area contributed by atoms with E-state index in [9.17, 15) is 14.4 Å². The fraction of sp³-hybridized carbons (Fsp3) is 0.688. The van der Waals surface area contributed by atoms with Gasteiger partial charge in [-0.1, -0.05) is 5.21 Å². The maximum Gasteiger partial charge on any atom is 0.410 e. The number of hydrogen-bond acceptors (Lipinski definition) is 7. The van der Waals surface area contributed by atoms with Gasteiger partial charge in [0.2, 0.25) is 5.91 Å². The van der Waals surface area contributed by atoms with E-state index in [1.165, 1.54) is 6.20 Å². The van der Waals surface area contributed by atoms with Gasteiger partial charge in [0.15, 0.2) is 5.69 Å². The molecule has 26 heavy (non-hydrogen) atoms. The summed E-state index contributed by atoms with van der Waals surface area (Å²) in [6, 6.07) is -0.269. The van der Waals surface area contributed by atoms with E-state index in [1.807, 2.05) is 0 Å². The van der Waals surface area contributed by atoms with E-state index < -0.39 is 29.7 Å². The third kappa shape index (κ3) is 5.17. The first kappa shape index (κ1) is 19.7. The summed E-state index contributed by atoms with van der Waals surface area (Å²) in [6.07, 6.45) is 1.84. The highest BCUT2D eigenvalue weighted by molar-refractivity contribution is 5.87. The number of amides is 2. The summed E-state index contributed by atoms with van der Waals surface area (Å²) in [5.41, 5.74) is 4.45. The van der Waals surface area contributed by atoms with Crippen molar-refractivity contribution < 1.29 is 23.9 Å². The number of carbonyl (C=O) groups excluding carboxylic acids is 3. The van der Waals surface area contributed by atoms with Gasteiger partial charge in [0.1, 0.15) is 18.2 Å². The molecule has 1 fully saturated rings. The Balaban J connectivity index is 1.98. The van der Waals surface area contributed by atoms with Gasteiger partial charge in [0.05, 0.1) is 12.2 Å².